The number of nitrogens with one attached hydrogen (secondary N) is 2. The van der Waals surface area contributed by atoms with Crippen molar-refractivity contribution in [1.29, 1.82) is 0 Å². The van der Waals surface area contributed by atoms with Gasteiger partial charge in [0.15, 0.2) is 0 Å². The minimum absolute atomic E-state index is 0.0661. The van der Waals surface area contributed by atoms with Crippen molar-refractivity contribution in [3.05, 3.63) is 23.8 Å². The normalized spacial score (nSPS) is 17.2. The van der Waals surface area contributed by atoms with Gasteiger partial charge in [0.2, 0.25) is 5.91 Å². The summed E-state index contributed by atoms with van der Waals surface area (Å²) >= 11 is 1.71. The fourth-order valence-corrected chi connectivity index (χ4v) is 2.40. The zero-order valence-corrected chi connectivity index (χ0v) is 11.7. The van der Waals surface area contributed by atoms with E-state index in [9.17, 15) is 9.59 Å². The predicted octanol–water partition coefficient (Wildman–Crippen LogP) is 1.96. The second kappa shape index (κ2) is 5.97. The lowest BCUT2D eigenvalue weighted by atomic mass is 10.1. The van der Waals surface area contributed by atoms with E-state index in [4.69, 9.17) is 0 Å². The monoisotopic (exact) mass is 280 g/mol. The summed E-state index contributed by atoms with van der Waals surface area (Å²) in [6.45, 7) is 0. The molecule has 0 radical (unpaired) electrons. The van der Waals surface area contributed by atoms with E-state index in [-0.39, 0.29) is 11.9 Å². The molecule has 2 N–H and O–H groups in total. The third kappa shape index (κ3) is 3.01. The number of amides is 1. The van der Waals surface area contributed by atoms with Gasteiger partial charge in [-0.3, -0.25) is 4.79 Å². The van der Waals surface area contributed by atoms with Gasteiger partial charge in [-0.25, -0.2) is 4.79 Å². The SMILES string of the molecule is COC(=O)c1ccc2c(c1)NC(=O)[C@H](CCSC)N2. The lowest BCUT2D eigenvalue weighted by molar-refractivity contribution is -0.117. The van der Waals surface area contributed by atoms with Gasteiger partial charge in [0.25, 0.3) is 0 Å². The van der Waals surface area contributed by atoms with Crippen LogP contribution in [0.4, 0.5) is 11.4 Å². The van der Waals surface area contributed by atoms with Crippen LogP contribution in [-0.4, -0.2) is 37.0 Å². The van der Waals surface area contributed by atoms with Gasteiger partial charge in [-0.1, -0.05) is 0 Å². The highest BCUT2D eigenvalue weighted by Crippen LogP contribution is 2.29. The summed E-state index contributed by atoms with van der Waals surface area (Å²) in [6.07, 6.45) is 2.78. The Morgan fingerprint density at radius 3 is 2.89 bits per heavy atom. The molecule has 5 nitrogen and oxygen atoms in total. The molecule has 19 heavy (non-hydrogen) atoms. The summed E-state index contributed by atoms with van der Waals surface area (Å²) in [6, 6.07) is 4.87. The summed E-state index contributed by atoms with van der Waals surface area (Å²) in [5.74, 6) is 0.436. The maximum atomic E-state index is 11.9. The van der Waals surface area contributed by atoms with Crippen LogP contribution in [0.1, 0.15) is 16.8 Å². The molecule has 0 aromatic heterocycles. The second-order valence-electron chi connectivity index (χ2n) is 4.22. The second-order valence-corrected chi connectivity index (χ2v) is 5.21. The van der Waals surface area contributed by atoms with Gasteiger partial charge in [-0.05, 0) is 36.6 Å². The first-order valence-electron chi connectivity index (χ1n) is 5.94. The standard InChI is InChI=1S/C13H16N2O3S/c1-18-13(17)8-3-4-9-11(7-8)15-12(16)10(14-9)5-6-19-2/h3-4,7,10,14H,5-6H2,1-2H3,(H,15,16)/t10-/m0/s1. The zero-order valence-electron chi connectivity index (χ0n) is 10.9. The van der Waals surface area contributed by atoms with Crippen molar-refractivity contribution in [3.63, 3.8) is 0 Å². The molecule has 0 saturated heterocycles. The zero-order chi connectivity index (χ0) is 13.8. The van der Waals surface area contributed by atoms with Crippen LogP contribution in [0.5, 0.6) is 0 Å². The number of hydrogen-bond donors (Lipinski definition) is 2. The fraction of sp³-hybridized carbons (Fsp3) is 0.385. The maximum absolute atomic E-state index is 11.9. The van der Waals surface area contributed by atoms with E-state index in [1.54, 1.807) is 30.0 Å². The first-order valence-corrected chi connectivity index (χ1v) is 7.34. The number of anilines is 2. The van der Waals surface area contributed by atoms with E-state index in [0.29, 0.717) is 11.3 Å². The van der Waals surface area contributed by atoms with Crippen molar-refractivity contribution in [3.8, 4) is 0 Å². The molecule has 1 aromatic rings. The third-order valence-electron chi connectivity index (χ3n) is 2.96. The molecular weight excluding hydrogens is 264 g/mol. The molecule has 6 heteroatoms. The Hall–Kier alpha value is -1.69. The Balaban J connectivity index is 2.18. The van der Waals surface area contributed by atoms with Gasteiger partial charge in [-0.15, -0.1) is 0 Å². The molecule has 2 rings (SSSR count). The van der Waals surface area contributed by atoms with Crippen LogP contribution >= 0.6 is 11.8 Å². The number of rotatable bonds is 4. The number of methoxy groups -OCH3 is 1. The maximum Gasteiger partial charge on any atom is 0.337 e. The summed E-state index contributed by atoms with van der Waals surface area (Å²) in [7, 11) is 1.33. The third-order valence-corrected chi connectivity index (χ3v) is 3.60. The molecule has 1 aliphatic heterocycles. The van der Waals surface area contributed by atoms with E-state index in [1.807, 2.05) is 6.26 Å². The first-order chi connectivity index (χ1) is 9.15. The van der Waals surface area contributed by atoms with Crippen LogP contribution < -0.4 is 10.6 Å². The Labute approximate surface area is 116 Å². The summed E-state index contributed by atoms with van der Waals surface area (Å²) in [5, 5.41) is 6.01. The van der Waals surface area contributed by atoms with Crippen molar-refractivity contribution < 1.29 is 14.3 Å². The van der Waals surface area contributed by atoms with E-state index < -0.39 is 5.97 Å². The average molecular weight is 280 g/mol. The van der Waals surface area contributed by atoms with Crippen LogP contribution in [0.3, 0.4) is 0 Å². The van der Waals surface area contributed by atoms with Crippen LogP contribution in [-0.2, 0) is 9.53 Å². The van der Waals surface area contributed by atoms with Crippen LogP contribution in [0.2, 0.25) is 0 Å². The molecule has 102 valence electrons. The predicted molar refractivity (Wildman–Crippen MR) is 76.8 cm³/mol. The molecule has 0 unspecified atom stereocenters. The fourth-order valence-electron chi connectivity index (χ4n) is 1.93. The van der Waals surface area contributed by atoms with Gasteiger partial charge >= 0.3 is 5.97 Å². The van der Waals surface area contributed by atoms with E-state index >= 15 is 0 Å². The number of carbonyl (C=O) groups is 2. The van der Waals surface area contributed by atoms with Gasteiger partial charge < -0.3 is 15.4 Å². The topological polar surface area (TPSA) is 67.4 Å². The lowest BCUT2D eigenvalue weighted by Gasteiger charge is -2.26. The van der Waals surface area contributed by atoms with Crippen molar-refractivity contribution in [1.82, 2.24) is 0 Å². The minimum atomic E-state index is -0.415. The average Bonchev–Trinajstić information content (AvgIpc) is 2.43. The molecular formula is C13H16N2O3S. The highest BCUT2D eigenvalue weighted by Gasteiger charge is 2.25. The lowest BCUT2D eigenvalue weighted by Crippen LogP contribution is -2.39. The molecule has 0 fully saturated rings. The van der Waals surface area contributed by atoms with Gasteiger partial charge in [-0.2, -0.15) is 11.8 Å². The molecule has 1 amide bonds. The van der Waals surface area contributed by atoms with Crippen molar-refractivity contribution in [2.75, 3.05) is 29.8 Å². The molecule has 1 atom stereocenters. The molecule has 0 spiro atoms. The Morgan fingerprint density at radius 2 is 2.21 bits per heavy atom. The Kier molecular flexibility index (Phi) is 4.31. The number of ether oxygens (including phenoxy) is 1. The van der Waals surface area contributed by atoms with E-state index in [1.165, 1.54) is 7.11 Å². The minimum Gasteiger partial charge on any atom is -0.465 e. The summed E-state index contributed by atoms with van der Waals surface area (Å²) in [4.78, 5) is 23.3. The van der Waals surface area contributed by atoms with Gasteiger partial charge in [0.1, 0.15) is 6.04 Å². The summed E-state index contributed by atoms with van der Waals surface area (Å²) in [5.41, 5.74) is 1.87. The Morgan fingerprint density at radius 1 is 1.42 bits per heavy atom. The van der Waals surface area contributed by atoms with Crippen LogP contribution in [0.15, 0.2) is 18.2 Å². The van der Waals surface area contributed by atoms with E-state index in [0.717, 1.165) is 17.9 Å². The number of benzene rings is 1. The molecule has 1 aliphatic rings. The quantitative estimate of drug-likeness (QED) is 0.825. The molecule has 1 aromatic carbocycles. The van der Waals surface area contributed by atoms with E-state index in [2.05, 4.69) is 15.4 Å². The van der Waals surface area contributed by atoms with Gasteiger partial charge in [0, 0.05) is 0 Å². The Bertz CT molecular complexity index is 505. The highest BCUT2D eigenvalue weighted by atomic mass is 32.2. The molecule has 0 aliphatic carbocycles. The van der Waals surface area contributed by atoms with Gasteiger partial charge in [0.05, 0.1) is 24.0 Å². The number of carbonyl (C=O) groups excluding carboxylic acids is 2. The van der Waals surface area contributed by atoms with Crippen molar-refractivity contribution in [2.45, 2.75) is 12.5 Å². The van der Waals surface area contributed by atoms with Crippen LogP contribution in [0.25, 0.3) is 0 Å². The largest absolute Gasteiger partial charge is 0.465 e. The molecule has 1 heterocycles. The number of hydrogen-bond acceptors (Lipinski definition) is 5. The number of thioether (sulfide) groups is 1. The highest BCUT2D eigenvalue weighted by molar-refractivity contribution is 7.98. The molecule has 0 saturated carbocycles. The molecule has 0 bridgehead atoms. The number of esters is 1. The van der Waals surface area contributed by atoms with Crippen molar-refractivity contribution in [2.24, 2.45) is 0 Å². The van der Waals surface area contributed by atoms with Crippen molar-refractivity contribution >= 4 is 35.0 Å². The van der Waals surface area contributed by atoms with Crippen LogP contribution in [0, 0.1) is 0 Å². The summed E-state index contributed by atoms with van der Waals surface area (Å²) < 4.78 is 4.65. The smallest absolute Gasteiger partial charge is 0.337 e. The number of fused-ring (bicyclic) bond motifs is 1. The first kappa shape index (κ1) is 13.7.